The smallest absolute Gasteiger partial charge is 0.269 e. The molecule has 2 atom stereocenters. The number of carbonyl (C=O) groups is 1. The summed E-state index contributed by atoms with van der Waals surface area (Å²) in [7, 11) is 0. The van der Waals surface area contributed by atoms with Crippen LogP contribution in [0.2, 0.25) is 0 Å². The van der Waals surface area contributed by atoms with Gasteiger partial charge in [-0.2, -0.15) is 0 Å². The topological polar surface area (TPSA) is 93.5 Å². The molecule has 0 aliphatic carbocycles. The van der Waals surface area contributed by atoms with E-state index in [1.807, 2.05) is 60.7 Å². The van der Waals surface area contributed by atoms with Crippen LogP contribution in [0.15, 0.2) is 79.1 Å². The summed E-state index contributed by atoms with van der Waals surface area (Å²) in [6.07, 6.45) is 2.47. The molecule has 2 heterocycles. The first-order chi connectivity index (χ1) is 13.2. The molecule has 0 aliphatic heterocycles. The molecule has 3 N–H and O–H groups in total. The van der Waals surface area contributed by atoms with E-state index in [9.17, 15) is 9.90 Å². The molecule has 0 saturated carbocycles. The predicted octanol–water partition coefficient (Wildman–Crippen LogP) is 2.69. The fraction of sp³-hybridized carbons (Fsp3) is 0.0952. The first-order valence-corrected chi connectivity index (χ1v) is 8.57. The van der Waals surface area contributed by atoms with Gasteiger partial charge in [-0.3, -0.25) is 9.20 Å². The fourth-order valence-corrected chi connectivity index (χ4v) is 3.38. The highest BCUT2D eigenvalue weighted by Gasteiger charge is 2.32. The maximum atomic E-state index is 12.1. The Balaban J connectivity index is 1.99. The number of aromatic nitrogens is 3. The summed E-state index contributed by atoms with van der Waals surface area (Å²) in [6, 6.07) is 20.6. The van der Waals surface area contributed by atoms with Gasteiger partial charge in [0.05, 0.1) is 17.7 Å². The molecule has 0 radical (unpaired) electrons. The number of hydrogen-bond acceptors (Lipinski definition) is 4. The fourth-order valence-electron chi connectivity index (χ4n) is 3.38. The van der Waals surface area contributed by atoms with Crippen molar-refractivity contribution in [2.24, 2.45) is 5.73 Å². The maximum absolute atomic E-state index is 12.1. The van der Waals surface area contributed by atoms with E-state index in [4.69, 9.17) is 5.73 Å². The van der Waals surface area contributed by atoms with E-state index < -0.39 is 17.9 Å². The van der Waals surface area contributed by atoms with E-state index in [0.29, 0.717) is 11.5 Å². The number of carbonyl (C=O) groups excluding carboxylic acids is 1. The maximum Gasteiger partial charge on any atom is 0.269 e. The number of hydrogen-bond donors (Lipinski definition) is 2. The summed E-state index contributed by atoms with van der Waals surface area (Å²) >= 11 is 0. The molecule has 0 bridgehead atoms. The van der Waals surface area contributed by atoms with Crippen LogP contribution < -0.4 is 5.73 Å². The molecule has 27 heavy (non-hydrogen) atoms. The molecule has 0 fully saturated rings. The number of benzene rings is 2. The van der Waals surface area contributed by atoms with Gasteiger partial charge in [-0.25, -0.2) is 9.97 Å². The number of nitrogens with zero attached hydrogens (tertiary/aromatic N) is 3. The lowest BCUT2D eigenvalue weighted by Crippen LogP contribution is -2.21. The lowest BCUT2D eigenvalue weighted by Gasteiger charge is -2.24. The van der Waals surface area contributed by atoms with E-state index in [2.05, 4.69) is 9.97 Å². The van der Waals surface area contributed by atoms with Crippen molar-refractivity contribution >= 4 is 11.7 Å². The minimum absolute atomic E-state index is 0.109. The molecular weight excluding hydrogens is 340 g/mol. The molecular formula is C21H18N4O2. The molecule has 4 rings (SSSR count). The Morgan fingerprint density at radius 2 is 1.59 bits per heavy atom. The van der Waals surface area contributed by atoms with Crippen molar-refractivity contribution in [3.8, 4) is 0 Å². The SMILES string of the molecule is NC(=O)c1nc2ncccn2c1[C@@H](c1ccccc1)[C@H](O)c1ccccc1. The van der Waals surface area contributed by atoms with E-state index in [-0.39, 0.29) is 5.69 Å². The van der Waals surface area contributed by atoms with Crippen molar-refractivity contribution < 1.29 is 9.90 Å². The van der Waals surface area contributed by atoms with E-state index in [1.165, 1.54) is 0 Å². The average molecular weight is 358 g/mol. The standard InChI is InChI=1S/C21H18N4O2/c22-20(27)17-18(25-13-7-12-23-21(25)24-17)16(14-8-3-1-4-9-14)19(26)15-10-5-2-6-11-15/h1-13,16,19,26H,(H2,22,27)/t16-,19-/m1/s1. The van der Waals surface area contributed by atoms with Crippen LogP contribution in [0.3, 0.4) is 0 Å². The highest BCUT2D eigenvalue weighted by atomic mass is 16.3. The minimum Gasteiger partial charge on any atom is -0.387 e. The second kappa shape index (κ2) is 7.01. The molecule has 2 aromatic heterocycles. The zero-order chi connectivity index (χ0) is 18.8. The molecule has 0 unspecified atom stereocenters. The summed E-state index contributed by atoms with van der Waals surface area (Å²) in [5.41, 5.74) is 7.82. The third-order valence-electron chi connectivity index (χ3n) is 4.58. The van der Waals surface area contributed by atoms with E-state index in [0.717, 1.165) is 11.1 Å². The number of amides is 1. The van der Waals surface area contributed by atoms with Gasteiger partial charge < -0.3 is 10.8 Å². The molecule has 0 aliphatic rings. The Bertz CT molecular complexity index is 1080. The van der Waals surface area contributed by atoms with E-state index in [1.54, 1.807) is 22.9 Å². The highest BCUT2D eigenvalue weighted by molar-refractivity contribution is 5.93. The predicted molar refractivity (Wildman–Crippen MR) is 101 cm³/mol. The number of fused-ring (bicyclic) bond motifs is 1. The normalized spacial score (nSPS) is 13.4. The molecule has 134 valence electrons. The zero-order valence-corrected chi connectivity index (χ0v) is 14.4. The van der Waals surface area contributed by atoms with Crippen molar-refractivity contribution in [1.29, 1.82) is 0 Å². The van der Waals surface area contributed by atoms with Crippen LogP contribution in [0.1, 0.15) is 39.3 Å². The van der Waals surface area contributed by atoms with Gasteiger partial charge in [0, 0.05) is 12.4 Å². The summed E-state index contributed by atoms with van der Waals surface area (Å²) in [5.74, 6) is -0.838. The number of primary amides is 1. The first kappa shape index (κ1) is 16.9. The van der Waals surface area contributed by atoms with Gasteiger partial charge in [0.2, 0.25) is 5.78 Å². The second-order valence-electron chi connectivity index (χ2n) is 6.24. The highest BCUT2D eigenvalue weighted by Crippen LogP contribution is 2.38. The number of imidazole rings is 1. The van der Waals surface area contributed by atoms with Gasteiger partial charge in [0.1, 0.15) is 0 Å². The molecule has 1 amide bonds. The van der Waals surface area contributed by atoms with Gasteiger partial charge in [0.25, 0.3) is 5.91 Å². The number of nitrogens with two attached hydrogens (primary N) is 1. The quantitative estimate of drug-likeness (QED) is 0.573. The number of aliphatic hydroxyl groups is 1. The Labute approximate surface area is 155 Å². The van der Waals surface area contributed by atoms with Crippen LogP contribution in [0.4, 0.5) is 0 Å². The van der Waals surface area contributed by atoms with Crippen LogP contribution in [0, 0.1) is 0 Å². The average Bonchev–Trinajstić information content (AvgIpc) is 3.09. The second-order valence-corrected chi connectivity index (χ2v) is 6.24. The Morgan fingerprint density at radius 1 is 0.963 bits per heavy atom. The van der Waals surface area contributed by atoms with Gasteiger partial charge in [0.15, 0.2) is 5.69 Å². The summed E-state index contributed by atoms with van der Waals surface area (Å²) in [5, 5.41) is 11.3. The van der Waals surface area contributed by atoms with Crippen LogP contribution in [0.25, 0.3) is 5.78 Å². The van der Waals surface area contributed by atoms with Gasteiger partial charge in [-0.1, -0.05) is 60.7 Å². The van der Waals surface area contributed by atoms with Crippen molar-refractivity contribution in [2.75, 3.05) is 0 Å². The van der Waals surface area contributed by atoms with Crippen molar-refractivity contribution in [3.63, 3.8) is 0 Å². The first-order valence-electron chi connectivity index (χ1n) is 8.57. The number of aliphatic hydroxyl groups excluding tert-OH is 1. The van der Waals surface area contributed by atoms with Crippen LogP contribution >= 0.6 is 0 Å². The lowest BCUT2D eigenvalue weighted by atomic mass is 9.85. The Morgan fingerprint density at radius 3 is 2.22 bits per heavy atom. The van der Waals surface area contributed by atoms with Crippen molar-refractivity contribution in [1.82, 2.24) is 14.4 Å². The van der Waals surface area contributed by atoms with Crippen molar-refractivity contribution in [2.45, 2.75) is 12.0 Å². The largest absolute Gasteiger partial charge is 0.387 e. The summed E-state index contributed by atoms with van der Waals surface area (Å²) in [4.78, 5) is 20.6. The monoisotopic (exact) mass is 358 g/mol. The molecule has 4 aromatic rings. The molecule has 6 nitrogen and oxygen atoms in total. The van der Waals surface area contributed by atoms with Crippen molar-refractivity contribution in [3.05, 3.63) is 102 Å². The van der Waals surface area contributed by atoms with Gasteiger partial charge in [-0.15, -0.1) is 0 Å². The number of rotatable bonds is 5. The zero-order valence-electron chi connectivity index (χ0n) is 14.4. The summed E-state index contributed by atoms with van der Waals surface area (Å²) < 4.78 is 1.71. The summed E-state index contributed by atoms with van der Waals surface area (Å²) in [6.45, 7) is 0. The molecule has 0 saturated heterocycles. The van der Waals surface area contributed by atoms with Gasteiger partial charge >= 0.3 is 0 Å². The third kappa shape index (κ3) is 3.07. The van der Waals surface area contributed by atoms with Crippen LogP contribution in [-0.2, 0) is 0 Å². The molecule has 0 spiro atoms. The van der Waals surface area contributed by atoms with Gasteiger partial charge in [-0.05, 0) is 17.2 Å². The Kier molecular flexibility index (Phi) is 4.40. The Hall–Kier alpha value is -3.51. The van der Waals surface area contributed by atoms with Crippen LogP contribution in [0.5, 0.6) is 0 Å². The van der Waals surface area contributed by atoms with Crippen LogP contribution in [-0.4, -0.2) is 25.4 Å². The molecule has 6 heteroatoms. The third-order valence-corrected chi connectivity index (χ3v) is 4.58. The lowest BCUT2D eigenvalue weighted by molar-refractivity contribution is 0.0992. The van der Waals surface area contributed by atoms with E-state index >= 15 is 0 Å². The minimum atomic E-state index is -0.896. The molecule has 2 aromatic carbocycles.